The third kappa shape index (κ3) is 2.78. The molecule has 1 fully saturated rings. The molecule has 0 radical (unpaired) electrons. The number of benzene rings is 1. The van der Waals surface area contributed by atoms with Gasteiger partial charge in [0.05, 0.1) is 12.2 Å². The standard InChI is InChI=1S/C13H13FN4O/c14-10-3-1-9(2-4-10)7-15-13(19)12-8-18(17-16-12)11-5-6-11/h1-4,8,11H,5-7H2,(H,15,19). The second kappa shape index (κ2) is 4.79. The molecule has 19 heavy (non-hydrogen) atoms. The summed E-state index contributed by atoms with van der Waals surface area (Å²) in [6.45, 7) is 0.343. The van der Waals surface area contributed by atoms with Crippen molar-refractivity contribution in [2.75, 3.05) is 0 Å². The summed E-state index contributed by atoms with van der Waals surface area (Å²) in [5.74, 6) is -0.557. The first-order valence-electron chi connectivity index (χ1n) is 6.17. The van der Waals surface area contributed by atoms with Crippen LogP contribution in [0.15, 0.2) is 30.5 Å². The van der Waals surface area contributed by atoms with Gasteiger partial charge in [0.15, 0.2) is 5.69 Å². The number of halogens is 1. The highest BCUT2D eigenvalue weighted by molar-refractivity contribution is 5.91. The van der Waals surface area contributed by atoms with Gasteiger partial charge in [-0.2, -0.15) is 0 Å². The van der Waals surface area contributed by atoms with Crippen LogP contribution < -0.4 is 5.32 Å². The summed E-state index contributed by atoms with van der Waals surface area (Å²) in [7, 11) is 0. The number of carbonyl (C=O) groups is 1. The Morgan fingerprint density at radius 3 is 2.79 bits per heavy atom. The predicted molar refractivity (Wildman–Crippen MR) is 65.9 cm³/mol. The van der Waals surface area contributed by atoms with Crippen LogP contribution in [-0.4, -0.2) is 20.9 Å². The number of hydrogen-bond acceptors (Lipinski definition) is 3. The van der Waals surface area contributed by atoms with Crippen molar-refractivity contribution < 1.29 is 9.18 Å². The molecule has 1 aromatic heterocycles. The zero-order chi connectivity index (χ0) is 13.2. The Bertz CT molecular complexity index is 589. The summed E-state index contributed by atoms with van der Waals surface area (Å²) < 4.78 is 14.5. The van der Waals surface area contributed by atoms with Crippen LogP contribution in [0.5, 0.6) is 0 Å². The molecule has 3 rings (SSSR count). The highest BCUT2D eigenvalue weighted by Crippen LogP contribution is 2.33. The molecule has 1 heterocycles. The van der Waals surface area contributed by atoms with E-state index in [2.05, 4.69) is 15.6 Å². The maximum atomic E-state index is 12.7. The molecule has 1 saturated carbocycles. The Hall–Kier alpha value is -2.24. The molecule has 1 amide bonds. The van der Waals surface area contributed by atoms with Gasteiger partial charge in [0.1, 0.15) is 5.82 Å². The second-order valence-corrected chi connectivity index (χ2v) is 4.62. The van der Waals surface area contributed by atoms with E-state index in [1.807, 2.05) is 0 Å². The van der Waals surface area contributed by atoms with Crippen LogP contribution in [0.2, 0.25) is 0 Å². The van der Waals surface area contributed by atoms with Crippen molar-refractivity contribution in [2.45, 2.75) is 25.4 Å². The van der Waals surface area contributed by atoms with Gasteiger partial charge in [-0.15, -0.1) is 5.10 Å². The van der Waals surface area contributed by atoms with E-state index in [9.17, 15) is 9.18 Å². The van der Waals surface area contributed by atoms with Crippen LogP contribution in [0, 0.1) is 5.82 Å². The number of aromatic nitrogens is 3. The highest BCUT2D eigenvalue weighted by atomic mass is 19.1. The van der Waals surface area contributed by atoms with Crippen molar-refractivity contribution in [3.05, 3.63) is 47.5 Å². The van der Waals surface area contributed by atoms with Crippen molar-refractivity contribution in [1.82, 2.24) is 20.3 Å². The number of nitrogens with one attached hydrogen (secondary N) is 1. The number of hydrogen-bond donors (Lipinski definition) is 1. The van der Waals surface area contributed by atoms with Gasteiger partial charge in [0, 0.05) is 6.54 Å². The predicted octanol–water partition coefficient (Wildman–Crippen LogP) is 1.68. The maximum Gasteiger partial charge on any atom is 0.273 e. The molecule has 0 bridgehead atoms. The molecule has 6 heteroatoms. The summed E-state index contributed by atoms with van der Waals surface area (Å²) in [6, 6.07) is 6.41. The summed E-state index contributed by atoms with van der Waals surface area (Å²) in [6.07, 6.45) is 3.86. The van der Waals surface area contributed by atoms with Gasteiger partial charge in [-0.3, -0.25) is 4.79 Å². The third-order valence-electron chi connectivity index (χ3n) is 3.03. The number of carbonyl (C=O) groups excluding carboxylic acids is 1. The average molecular weight is 260 g/mol. The van der Waals surface area contributed by atoms with E-state index in [4.69, 9.17) is 0 Å². The first-order valence-corrected chi connectivity index (χ1v) is 6.17. The molecule has 98 valence electrons. The molecule has 1 aliphatic rings. The minimum Gasteiger partial charge on any atom is -0.347 e. The molecular weight excluding hydrogens is 247 g/mol. The van der Waals surface area contributed by atoms with E-state index >= 15 is 0 Å². The van der Waals surface area contributed by atoms with Crippen LogP contribution in [0.4, 0.5) is 4.39 Å². The molecule has 0 unspecified atom stereocenters. The first kappa shape index (κ1) is 11.8. The van der Waals surface area contributed by atoms with Crippen molar-refractivity contribution in [2.24, 2.45) is 0 Å². The fourth-order valence-electron chi connectivity index (χ4n) is 1.77. The Morgan fingerprint density at radius 1 is 1.37 bits per heavy atom. The lowest BCUT2D eigenvalue weighted by molar-refractivity contribution is 0.0946. The van der Waals surface area contributed by atoms with E-state index in [1.165, 1.54) is 12.1 Å². The van der Waals surface area contributed by atoms with E-state index in [0.29, 0.717) is 18.3 Å². The zero-order valence-corrected chi connectivity index (χ0v) is 10.2. The van der Waals surface area contributed by atoms with Gasteiger partial charge in [-0.25, -0.2) is 9.07 Å². The summed E-state index contributed by atoms with van der Waals surface area (Å²) in [5.41, 5.74) is 1.15. The second-order valence-electron chi connectivity index (χ2n) is 4.62. The molecule has 5 nitrogen and oxygen atoms in total. The number of rotatable bonds is 4. The van der Waals surface area contributed by atoms with Crippen molar-refractivity contribution in [3.8, 4) is 0 Å². The number of nitrogens with zero attached hydrogens (tertiary/aromatic N) is 3. The van der Waals surface area contributed by atoms with Crippen molar-refractivity contribution >= 4 is 5.91 Å². The Labute approximate surface area is 109 Å². The van der Waals surface area contributed by atoms with Crippen LogP contribution in [0.3, 0.4) is 0 Å². The molecule has 1 aliphatic carbocycles. The average Bonchev–Trinajstić information content (AvgIpc) is 3.15. The smallest absolute Gasteiger partial charge is 0.273 e. The van der Waals surface area contributed by atoms with Gasteiger partial charge < -0.3 is 5.32 Å². The molecule has 0 aliphatic heterocycles. The minimum absolute atomic E-state index is 0.267. The van der Waals surface area contributed by atoms with Crippen LogP contribution in [0.1, 0.15) is 34.9 Å². The van der Waals surface area contributed by atoms with E-state index < -0.39 is 0 Å². The molecule has 1 aromatic carbocycles. The number of amides is 1. The Balaban J connectivity index is 1.59. The quantitative estimate of drug-likeness (QED) is 0.909. The maximum absolute atomic E-state index is 12.7. The fourth-order valence-corrected chi connectivity index (χ4v) is 1.77. The molecular formula is C13H13FN4O. The molecule has 1 N–H and O–H groups in total. The molecule has 0 saturated heterocycles. The zero-order valence-electron chi connectivity index (χ0n) is 10.2. The SMILES string of the molecule is O=C(NCc1ccc(F)cc1)c1cn(C2CC2)nn1. The van der Waals surface area contributed by atoms with Crippen molar-refractivity contribution in [3.63, 3.8) is 0 Å². The summed E-state index contributed by atoms with van der Waals surface area (Å²) in [5, 5.41) is 10.5. The van der Waals surface area contributed by atoms with Gasteiger partial charge in [0.25, 0.3) is 5.91 Å². The normalized spacial score (nSPS) is 14.4. The van der Waals surface area contributed by atoms with Crippen LogP contribution in [-0.2, 0) is 6.54 Å². The summed E-state index contributed by atoms with van der Waals surface area (Å²) >= 11 is 0. The highest BCUT2D eigenvalue weighted by Gasteiger charge is 2.25. The molecule has 0 spiro atoms. The van der Waals surface area contributed by atoms with E-state index in [-0.39, 0.29) is 11.7 Å². The van der Waals surface area contributed by atoms with Crippen LogP contribution >= 0.6 is 0 Å². The van der Waals surface area contributed by atoms with Gasteiger partial charge >= 0.3 is 0 Å². The molecule has 0 atom stereocenters. The summed E-state index contributed by atoms with van der Waals surface area (Å²) in [4.78, 5) is 11.8. The first-order chi connectivity index (χ1) is 9.22. The van der Waals surface area contributed by atoms with Gasteiger partial charge in [0.2, 0.25) is 0 Å². The fraction of sp³-hybridized carbons (Fsp3) is 0.308. The monoisotopic (exact) mass is 260 g/mol. The largest absolute Gasteiger partial charge is 0.347 e. The van der Waals surface area contributed by atoms with E-state index in [1.54, 1.807) is 23.0 Å². The van der Waals surface area contributed by atoms with E-state index in [0.717, 1.165) is 18.4 Å². The van der Waals surface area contributed by atoms with Crippen LogP contribution in [0.25, 0.3) is 0 Å². The minimum atomic E-state index is -0.289. The topological polar surface area (TPSA) is 59.8 Å². The third-order valence-corrected chi connectivity index (χ3v) is 3.03. The lowest BCUT2D eigenvalue weighted by Gasteiger charge is -2.02. The lowest BCUT2D eigenvalue weighted by Crippen LogP contribution is -2.23. The Kier molecular flexibility index (Phi) is 2.98. The van der Waals surface area contributed by atoms with Crippen molar-refractivity contribution in [1.29, 1.82) is 0 Å². The Morgan fingerprint density at radius 2 is 2.11 bits per heavy atom. The molecule has 2 aromatic rings. The van der Waals surface area contributed by atoms with Gasteiger partial charge in [-0.1, -0.05) is 17.3 Å². The lowest BCUT2D eigenvalue weighted by atomic mass is 10.2. The van der Waals surface area contributed by atoms with Gasteiger partial charge in [-0.05, 0) is 30.5 Å².